The molecule has 5 rings (SSSR count). The largest absolute Gasteiger partial charge is 0.477 e. The Morgan fingerprint density at radius 1 is 1.19 bits per heavy atom. The molecule has 1 aromatic heterocycles. The summed E-state index contributed by atoms with van der Waals surface area (Å²) in [6.45, 7) is 2.07. The van der Waals surface area contributed by atoms with Crippen molar-refractivity contribution >= 4 is 28.2 Å². The van der Waals surface area contributed by atoms with E-state index in [2.05, 4.69) is 6.92 Å². The van der Waals surface area contributed by atoms with Gasteiger partial charge in [-0.25, -0.2) is 13.6 Å². The van der Waals surface area contributed by atoms with Crippen molar-refractivity contribution in [3.8, 4) is 0 Å². The predicted molar refractivity (Wildman–Crippen MR) is 118 cm³/mol. The fourth-order valence-corrected chi connectivity index (χ4v) is 4.63. The monoisotopic (exact) mass is 433 g/mol. The van der Waals surface area contributed by atoms with E-state index in [0.29, 0.717) is 33.9 Å². The molecule has 32 heavy (non-hydrogen) atoms. The lowest BCUT2D eigenvalue weighted by Crippen LogP contribution is -2.14. The molecule has 2 aliphatic carbocycles. The molecule has 0 radical (unpaired) electrons. The first-order valence-electron chi connectivity index (χ1n) is 10.6. The SMILES string of the molecule is C[C@@H]1C[C@@H]1c1ccc2c(c1)c(C1=CC=CCC1=O)c(C(=O)O)n2Cc1ccc(F)cc1F. The average molecular weight is 433 g/mol. The van der Waals surface area contributed by atoms with Gasteiger partial charge < -0.3 is 9.67 Å². The molecule has 1 fully saturated rings. The minimum atomic E-state index is -1.21. The van der Waals surface area contributed by atoms with Crippen LogP contribution in [-0.2, 0) is 11.3 Å². The molecule has 6 heteroatoms. The maximum Gasteiger partial charge on any atom is 0.353 e. The van der Waals surface area contributed by atoms with Gasteiger partial charge in [0.2, 0.25) is 0 Å². The van der Waals surface area contributed by atoms with Crippen LogP contribution in [0.5, 0.6) is 0 Å². The van der Waals surface area contributed by atoms with Crippen molar-refractivity contribution < 1.29 is 23.5 Å². The standard InChI is InChI=1S/C26H21F2NO3/c1-14-10-19(14)15-7-9-22-20(11-15)24(18-4-2-3-5-23(18)30)25(26(31)32)29(22)13-16-6-8-17(27)12-21(16)28/h2-4,6-9,11-12,14,19H,5,10,13H2,1H3,(H,31,32)/t14-,19+/m1/s1. The number of aromatic nitrogens is 1. The van der Waals surface area contributed by atoms with Crippen molar-refractivity contribution in [3.05, 3.63) is 88.6 Å². The van der Waals surface area contributed by atoms with E-state index in [0.717, 1.165) is 24.1 Å². The zero-order chi connectivity index (χ0) is 22.6. The summed E-state index contributed by atoms with van der Waals surface area (Å²) < 4.78 is 29.4. The van der Waals surface area contributed by atoms with E-state index in [1.165, 1.54) is 10.6 Å². The number of nitrogens with zero attached hydrogens (tertiary/aromatic N) is 1. The fraction of sp³-hybridized carbons (Fsp3) is 0.231. The summed E-state index contributed by atoms with van der Waals surface area (Å²) in [6, 6.07) is 9.03. The number of carboxylic acid groups (broad SMARTS) is 1. The van der Waals surface area contributed by atoms with Crippen LogP contribution in [0.15, 0.2) is 54.6 Å². The minimum absolute atomic E-state index is 0.0698. The number of allylic oxidation sites excluding steroid dienone is 4. The van der Waals surface area contributed by atoms with Gasteiger partial charge >= 0.3 is 5.97 Å². The molecular weight excluding hydrogens is 412 g/mol. The van der Waals surface area contributed by atoms with Crippen LogP contribution in [0.3, 0.4) is 0 Å². The van der Waals surface area contributed by atoms with Gasteiger partial charge in [-0.2, -0.15) is 0 Å². The van der Waals surface area contributed by atoms with Gasteiger partial charge in [0.25, 0.3) is 0 Å². The summed E-state index contributed by atoms with van der Waals surface area (Å²) in [4.78, 5) is 25.2. The van der Waals surface area contributed by atoms with Crippen molar-refractivity contribution in [2.24, 2.45) is 5.92 Å². The van der Waals surface area contributed by atoms with Gasteiger partial charge in [0, 0.05) is 40.1 Å². The first kappa shape index (κ1) is 20.4. The molecular formula is C26H21F2NO3. The third-order valence-electron chi connectivity index (χ3n) is 6.44. The number of rotatable bonds is 5. The molecule has 0 spiro atoms. The van der Waals surface area contributed by atoms with Crippen molar-refractivity contribution in [1.29, 1.82) is 0 Å². The third-order valence-corrected chi connectivity index (χ3v) is 6.44. The molecule has 1 saturated carbocycles. The predicted octanol–water partition coefficient (Wildman–Crippen LogP) is 5.70. The lowest BCUT2D eigenvalue weighted by molar-refractivity contribution is -0.113. The topological polar surface area (TPSA) is 59.3 Å². The van der Waals surface area contributed by atoms with Crippen LogP contribution < -0.4 is 0 Å². The Balaban J connectivity index is 1.78. The lowest BCUT2D eigenvalue weighted by atomic mass is 9.92. The molecule has 1 heterocycles. The van der Waals surface area contributed by atoms with Gasteiger partial charge in [0.05, 0.1) is 6.54 Å². The Morgan fingerprint density at radius 3 is 2.62 bits per heavy atom. The maximum absolute atomic E-state index is 14.4. The van der Waals surface area contributed by atoms with Crippen molar-refractivity contribution in [1.82, 2.24) is 4.57 Å². The number of ketones is 1. The summed E-state index contributed by atoms with van der Waals surface area (Å²) in [5, 5.41) is 10.8. The minimum Gasteiger partial charge on any atom is -0.477 e. The van der Waals surface area contributed by atoms with Crippen molar-refractivity contribution in [2.75, 3.05) is 0 Å². The van der Waals surface area contributed by atoms with Crippen LogP contribution in [0.1, 0.15) is 52.9 Å². The van der Waals surface area contributed by atoms with Crippen molar-refractivity contribution in [2.45, 2.75) is 32.2 Å². The molecule has 162 valence electrons. The van der Waals surface area contributed by atoms with Crippen LogP contribution in [0.25, 0.3) is 16.5 Å². The number of benzene rings is 2. The van der Waals surface area contributed by atoms with E-state index in [9.17, 15) is 23.5 Å². The van der Waals surface area contributed by atoms with Gasteiger partial charge in [-0.3, -0.25) is 4.79 Å². The third kappa shape index (κ3) is 3.36. The van der Waals surface area contributed by atoms with Gasteiger partial charge in [0.15, 0.2) is 5.78 Å². The molecule has 2 atom stereocenters. The molecule has 2 aromatic carbocycles. The second-order valence-electron chi connectivity index (χ2n) is 8.58. The Hall–Kier alpha value is -3.54. The molecule has 0 unspecified atom stereocenters. The summed E-state index contributed by atoms with van der Waals surface area (Å²) in [6.07, 6.45) is 6.39. The molecule has 1 N–H and O–H groups in total. The highest BCUT2D eigenvalue weighted by atomic mass is 19.1. The quantitative estimate of drug-likeness (QED) is 0.561. The Bertz CT molecular complexity index is 1350. The average Bonchev–Trinajstić information content (AvgIpc) is 3.40. The number of hydrogen-bond acceptors (Lipinski definition) is 2. The smallest absolute Gasteiger partial charge is 0.353 e. The number of fused-ring (bicyclic) bond motifs is 1. The van der Waals surface area contributed by atoms with E-state index in [1.807, 2.05) is 18.2 Å². The Labute approximate surface area is 183 Å². The number of halogens is 2. The molecule has 2 aliphatic rings. The second kappa shape index (κ2) is 7.55. The maximum atomic E-state index is 14.4. The van der Waals surface area contributed by atoms with Gasteiger partial charge in [-0.15, -0.1) is 0 Å². The lowest BCUT2D eigenvalue weighted by Gasteiger charge is -2.12. The normalized spacial score (nSPS) is 20.0. The van der Waals surface area contributed by atoms with Crippen LogP contribution >= 0.6 is 0 Å². The molecule has 0 amide bonds. The number of hydrogen-bond donors (Lipinski definition) is 1. The number of carbonyl (C=O) groups excluding carboxylic acids is 1. The van der Waals surface area contributed by atoms with Crippen LogP contribution in [-0.4, -0.2) is 21.4 Å². The zero-order valence-corrected chi connectivity index (χ0v) is 17.4. The van der Waals surface area contributed by atoms with Crippen LogP contribution in [0.2, 0.25) is 0 Å². The van der Waals surface area contributed by atoms with Crippen LogP contribution in [0.4, 0.5) is 8.78 Å². The molecule has 3 aromatic rings. The highest BCUT2D eigenvalue weighted by molar-refractivity contribution is 6.27. The van der Waals surface area contributed by atoms with E-state index in [-0.39, 0.29) is 30.0 Å². The Morgan fingerprint density at radius 2 is 1.97 bits per heavy atom. The van der Waals surface area contributed by atoms with E-state index >= 15 is 0 Å². The Kier molecular flexibility index (Phi) is 4.81. The van der Waals surface area contributed by atoms with Crippen LogP contribution in [0, 0.1) is 17.6 Å². The number of carboxylic acids is 1. The van der Waals surface area contributed by atoms with Crippen molar-refractivity contribution in [3.63, 3.8) is 0 Å². The highest BCUT2D eigenvalue weighted by Gasteiger charge is 2.35. The van der Waals surface area contributed by atoms with Gasteiger partial charge in [-0.1, -0.05) is 37.3 Å². The number of carbonyl (C=O) groups is 2. The first-order valence-corrected chi connectivity index (χ1v) is 10.6. The summed E-state index contributed by atoms with van der Waals surface area (Å²) >= 11 is 0. The van der Waals surface area contributed by atoms with Gasteiger partial charge in [0.1, 0.15) is 17.3 Å². The second-order valence-corrected chi connectivity index (χ2v) is 8.58. The molecule has 4 nitrogen and oxygen atoms in total. The van der Waals surface area contributed by atoms with E-state index in [4.69, 9.17) is 0 Å². The number of aromatic carboxylic acids is 1. The van der Waals surface area contributed by atoms with E-state index in [1.54, 1.807) is 18.2 Å². The first-order chi connectivity index (χ1) is 15.3. The van der Waals surface area contributed by atoms with Gasteiger partial charge in [-0.05, 0) is 42.0 Å². The van der Waals surface area contributed by atoms with E-state index < -0.39 is 17.6 Å². The summed E-state index contributed by atoms with van der Waals surface area (Å²) in [7, 11) is 0. The summed E-state index contributed by atoms with van der Waals surface area (Å²) in [5.41, 5.74) is 2.50. The molecule has 0 saturated heterocycles. The molecule has 0 bridgehead atoms. The zero-order valence-electron chi connectivity index (χ0n) is 17.4. The summed E-state index contributed by atoms with van der Waals surface area (Å²) in [5.74, 6) is -1.84. The fourth-order valence-electron chi connectivity index (χ4n) is 4.63. The highest BCUT2D eigenvalue weighted by Crippen LogP contribution is 2.48. The molecule has 0 aliphatic heterocycles. The number of Topliss-reactive ketones (excluding diaryl/α,β-unsaturated/α-hetero) is 1.